The van der Waals surface area contributed by atoms with Crippen molar-refractivity contribution in [2.75, 3.05) is 7.05 Å². The number of nitrogens with one attached hydrogen (secondary N) is 1. The summed E-state index contributed by atoms with van der Waals surface area (Å²) < 4.78 is 23.2. The van der Waals surface area contributed by atoms with Crippen molar-refractivity contribution in [2.24, 2.45) is 0 Å². The Kier molecular flexibility index (Phi) is 4.74. The van der Waals surface area contributed by atoms with Crippen molar-refractivity contribution in [2.45, 2.75) is 37.7 Å². The van der Waals surface area contributed by atoms with Crippen LogP contribution in [-0.2, 0) is 26.8 Å². The second-order valence-corrected chi connectivity index (χ2v) is 7.56. The van der Waals surface area contributed by atoms with Gasteiger partial charge in [0.15, 0.2) is 9.84 Å². The number of carbonyl (C=O) groups is 1. The summed E-state index contributed by atoms with van der Waals surface area (Å²) in [6, 6.07) is 7.43. The Bertz CT molecular complexity index is 545. The standard InChI is InChI=1S/C14H21NO3S/c1-5-11-6-8-12(9-7-11)10-19(17,18)14(2,3)13(16)15-4/h6-9H,5,10H2,1-4H3,(H,15,16). The van der Waals surface area contributed by atoms with Crippen molar-refractivity contribution in [3.8, 4) is 0 Å². The van der Waals surface area contributed by atoms with E-state index in [1.807, 2.05) is 19.1 Å². The van der Waals surface area contributed by atoms with Crippen molar-refractivity contribution in [3.63, 3.8) is 0 Å². The molecule has 0 radical (unpaired) electrons. The number of carbonyl (C=O) groups excluding carboxylic acids is 1. The molecule has 0 bridgehead atoms. The fraction of sp³-hybridized carbons (Fsp3) is 0.500. The minimum Gasteiger partial charge on any atom is -0.358 e. The van der Waals surface area contributed by atoms with E-state index in [9.17, 15) is 13.2 Å². The molecule has 1 amide bonds. The number of rotatable bonds is 5. The molecule has 19 heavy (non-hydrogen) atoms. The zero-order chi connectivity index (χ0) is 14.7. The molecule has 0 saturated carbocycles. The third-order valence-corrected chi connectivity index (χ3v) is 5.79. The third-order valence-electron chi connectivity index (χ3n) is 3.34. The lowest BCUT2D eigenvalue weighted by atomic mass is 10.1. The van der Waals surface area contributed by atoms with Crippen LogP contribution in [0.5, 0.6) is 0 Å². The van der Waals surface area contributed by atoms with Gasteiger partial charge in [0.25, 0.3) is 0 Å². The maximum Gasteiger partial charge on any atom is 0.240 e. The van der Waals surface area contributed by atoms with Gasteiger partial charge in [-0.2, -0.15) is 0 Å². The lowest BCUT2D eigenvalue weighted by Crippen LogP contribution is -2.47. The molecular weight excluding hydrogens is 262 g/mol. The van der Waals surface area contributed by atoms with Gasteiger partial charge in [-0.05, 0) is 31.4 Å². The summed E-state index contributed by atoms with van der Waals surface area (Å²) in [7, 11) is -2.12. The smallest absolute Gasteiger partial charge is 0.240 e. The van der Waals surface area contributed by atoms with Crippen LogP contribution in [0.25, 0.3) is 0 Å². The van der Waals surface area contributed by atoms with Crippen LogP contribution in [0.1, 0.15) is 31.9 Å². The summed E-state index contributed by atoms with van der Waals surface area (Å²) in [5, 5.41) is 2.40. The minimum atomic E-state index is -3.56. The summed E-state index contributed by atoms with van der Waals surface area (Å²) >= 11 is 0. The highest BCUT2D eigenvalue weighted by Gasteiger charge is 2.40. The van der Waals surface area contributed by atoms with Crippen molar-refractivity contribution in [1.29, 1.82) is 0 Å². The number of sulfone groups is 1. The average molecular weight is 283 g/mol. The molecule has 5 heteroatoms. The van der Waals surface area contributed by atoms with E-state index in [1.54, 1.807) is 12.1 Å². The van der Waals surface area contributed by atoms with Crippen LogP contribution in [0.2, 0.25) is 0 Å². The summed E-state index contributed by atoms with van der Waals surface area (Å²) in [6.07, 6.45) is 0.913. The van der Waals surface area contributed by atoms with Crippen molar-refractivity contribution in [3.05, 3.63) is 35.4 Å². The van der Waals surface area contributed by atoms with Gasteiger partial charge in [0, 0.05) is 7.05 Å². The van der Waals surface area contributed by atoms with E-state index in [0.717, 1.165) is 12.0 Å². The van der Waals surface area contributed by atoms with Crippen molar-refractivity contribution in [1.82, 2.24) is 5.32 Å². The third kappa shape index (κ3) is 3.35. The highest BCUT2D eigenvalue weighted by molar-refractivity contribution is 7.92. The second-order valence-electron chi connectivity index (χ2n) is 5.02. The second kappa shape index (κ2) is 5.74. The topological polar surface area (TPSA) is 63.2 Å². The molecule has 1 aromatic carbocycles. The van der Waals surface area contributed by atoms with Gasteiger partial charge in [-0.25, -0.2) is 8.42 Å². The SMILES string of the molecule is CCc1ccc(CS(=O)(=O)C(C)(C)C(=O)NC)cc1. The molecule has 1 aromatic rings. The van der Waals surface area contributed by atoms with Crippen LogP contribution in [0.3, 0.4) is 0 Å². The highest BCUT2D eigenvalue weighted by Crippen LogP contribution is 2.22. The molecule has 1 N–H and O–H groups in total. The van der Waals surface area contributed by atoms with E-state index in [0.29, 0.717) is 5.56 Å². The predicted octanol–water partition coefficient (Wildman–Crippen LogP) is 1.69. The number of benzene rings is 1. The van der Waals surface area contributed by atoms with Crippen molar-refractivity contribution >= 4 is 15.7 Å². The Morgan fingerprint density at radius 2 is 1.63 bits per heavy atom. The molecule has 0 unspecified atom stereocenters. The largest absolute Gasteiger partial charge is 0.358 e. The molecule has 1 rings (SSSR count). The molecule has 0 aromatic heterocycles. The van der Waals surface area contributed by atoms with Crippen molar-refractivity contribution < 1.29 is 13.2 Å². The monoisotopic (exact) mass is 283 g/mol. The Labute approximate surface area is 115 Å². The summed E-state index contributed by atoms with van der Waals surface area (Å²) in [6.45, 7) is 4.91. The predicted molar refractivity (Wildman–Crippen MR) is 76.6 cm³/mol. The summed E-state index contributed by atoms with van der Waals surface area (Å²) in [4.78, 5) is 11.7. The first-order valence-corrected chi connectivity index (χ1v) is 7.92. The van der Waals surface area contributed by atoms with Gasteiger partial charge in [0.1, 0.15) is 4.75 Å². The van der Waals surface area contributed by atoms with E-state index in [-0.39, 0.29) is 5.75 Å². The molecule has 0 aliphatic rings. The van der Waals surface area contributed by atoms with Gasteiger partial charge in [-0.3, -0.25) is 4.79 Å². The molecular formula is C14H21NO3S. The van der Waals surface area contributed by atoms with E-state index in [2.05, 4.69) is 5.32 Å². The lowest BCUT2D eigenvalue weighted by Gasteiger charge is -2.22. The van der Waals surface area contributed by atoms with Gasteiger partial charge >= 0.3 is 0 Å². The van der Waals surface area contributed by atoms with Crippen LogP contribution in [0, 0.1) is 0 Å². The Morgan fingerprint density at radius 1 is 1.16 bits per heavy atom. The Balaban J connectivity index is 2.99. The zero-order valence-electron chi connectivity index (χ0n) is 11.9. The first kappa shape index (κ1) is 15.7. The maximum absolute atomic E-state index is 12.3. The number of amides is 1. The van der Waals surface area contributed by atoms with Gasteiger partial charge in [0.05, 0.1) is 5.75 Å². The van der Waals surface area contributed by atoms with Crippen LogP contribution in [-0.4, -0.2) is 26.1 Å². The molecule has 106 valence electrons. The van der Waals surface area contributed by atoms with Crippen LogP contribution in [0.4, 0.5) is 0 Å². The van der Waals surface area contributed by atoms with E-state index < -0.39 is 20.5 Å². The number of hydrogen-bond acceptors (Lipinski definition) is 3. The molecule has 0 fully saturated rings. The number of hydrogen-bond donors (Lipinski definition) is 1. The van der Waals surface area contributed by atoms with Gasteiger partial charge in [0.2, 0.25) is 5.91 Å². The normalized spacial score (nSPS) is 12.2. The molecule has 0 heterocycles. The van der Waals surface area contributed by atoms with Gasteiger partial charge < -0.3 is 5.32 Å². The summed E-state index contributed by atoms with van der Waals surface area (Å²) in [5.41, 5.74) is 1.86. The minimum absolute atomic E-state index is 0.128. The Morgan fingerprint density at radius 3 is 2.05 bits per heavy atom. The first-order valence-electron chi connectivity index (χ1n) is 6.27. The maximum atomic E-state index is 12.3. The Hall–Kier alpha value is -1.36. The fourth-order valence-electron chi connectivity index (χ4n) is 1.71. The quantitative estimate of drug-likeness (QED) is 0.894. The molecule has 0 aliphatic carbocycles. The summed E-state index contributed by atoms with van der Waals surface area (Å²) in [5.74, 6) is -0.616. The lowest BCUT2D eigenvalue weighted by molar-refractivity contribution is -0.122. The molecule has 4 nitrogen and oxygen atoms in total. The van der Waals surface area contributed by atoms with Gasteiger partial charge in [-0.1, -0.05) is 31.2 Å². The molecule has 0 aliphatic heterocycles. The fourth-order valence-corrected chi connectivity index (χ4v) is 3.09. The van der Waals surface area contributed by atoms with Crippen LogP contribution >= 0.6 is 0 Å². The molecule has 0 spiro atoms. The number of aryl methyl sites for hydroxylation is 1. The van der Waals surface area contributed by atoms with E-state index in [1.165, 1.54) is 20.9 Å². The van der Waals surface area contributed by atoms with Crippen LogP contribution < -0.4 is 5.32 Å². The molecule has 0 atom stereocenters. The van der Waals surface area contributed by atoms with Gasteiger partial charge in [-0.15, -0.1) is 0 Å². The zero-order valence-corrected chi connectivity index (χ0v) is 12.7. The van der Waals surface area contributed by atoms with E-state index >= 15 is 0 Å². The van der Waals surface area contributed by atoms with E-state index in [4.69, 9.17) is 0 Å². The first-order chi connectivity index (χ1) is 8.74. The average Bonchev–Trinajstić information content (AvgIpc) is 2.37. The highest BCUT2D eigenvalue weighted by atomic mass is 32.2. The molecule has 0 saturated heterocycles. The van der Waals surface area contributed by atoms with Crippen LogP contribution in [0.15, 0.2) is 24.3 Å².